The van der Waals surface area contributed by atoms with Crippen molar-refractivity contribution in [1.29, 1.82) is 0 Å². The number of hydrogen-bond acceptors (Lipinski definition) is 2. The third-order valence-electron chi connectivity index (χ3n) is 2.37. The van der Waals surface area contributed by atoms with E-state index in [4.69, 9.17) is 4.74 Å². The lowest BCUT2D eigenvalue weighted by Gasteiger charge is -2.10. The highest BCUT2D eigenvalue weighted by Gasteiger charge is 2.03. The van der Waals surface area contributed by atoms with Crippen LogP contribution in [0.5, 0.6) is 5.75 Å². The van der Waals surface area contributed by atoms with E-state index in [0.717, 1.165) is 11.3 Å². The second-order valence-corrected chi connectivity index (χ2v) is 4.56. The summed E-state index contributed by atoms with van der Waals surface area (Å²) in [5, 5.41) is 2.84. The fourth-order valence-corrected chi connectivity index (χ4v) is 1.51. The van der Waals surface area contributed by atoms with Gasteiger partial charge < -0.3 is 10.1 Å². The lowest BCUT2D eigenvalue weighted by atomic mass is 10.1. The Morgan fingerprint density at radius 1 is 1.35 bits per heavy atom. The molecule has 0 heterocycles. The summed E-state index contributed by atoms with van der Waals surface area (Å²) >= 11 is 0. The fourth-order valence-electron chi connectivity index (χ4n) is 1.51. The van der Waals surface area contributed by atoms with E-state index >= 15 is 0 Å². The Morgan fingerprint density at radius 3 is 2.71 bits per heavy atom. The quantitative estimate of drug-likeness (QED) is 0.769. The summed E-state index contributed by atoms with van der Waals surface area (Å²) in [5.74, 6) is 1.37. The summed E-state index contributed by atoms with van der Waals surface area (Å²) < 4.78 is 5.58. The summed E-state index contributed by atoms with van der Waals surface area (Å²) in [5.41, 5.74) is 1.11. The molecule has 0 spiro atoms. The number of aryl methyl sites for hydroxylation is 1. The second kappa shape index (κ2) is 6.94. The maximum atomic E-state index is 11.4. The number of ether oxygens (including phenoxy) is 1. The molecule has 1 aromatic rings. The number of carbonyl (C=O) groups is 1. The Balaban J connectivity index is 2.21. The molecular weight excluding hydrogens is 214 g/mol. The Labute approximate surface area is 103 Å². The Bertz CT molecular complexity index is 361. The molecule has 0 aliphatic heterocycles. The summed E-state index contributed by atoms with van der Waals surface area (Å²) in [6.45, 7) is 7.13. The van der Waals surface area contributed by atoms with Gasteiger partial charge in [-0.25, -0.2) is 0 Å². The lowest BCUT2D eigenvalue weighted by molar-refractivity contribution is -0.121. The van der Waals surface area contributed by atoms with Crippen LogP contribution in [-0.2, 0) is 4.79 Å². The first kappa shape index (κ1) is 13.6. The molecule has 0 bridgehead atoms. The number of nitrogens with one attached hydrogen (secondary N) is 1. The van der Waals surface area contributed by atoms with Crippen molar-refractivity contribution in [2.45, 2.75) is 27.2 Å². The molecule has 0 atom stereocenters. The van der Waals surface area contributed by atoms with E-state index in [1.165, 1.54) is 0 Å². The lowest BCUT2D eigenvalue weighted by Crippen LogP contribution is -2.28. The predicted octanol–water partition coefficient (Wildman–Crippen LogP) is 2.54. The number of carbonyl (C=O) groups excluding carboxylic acids is 1. The maximum Gasteiger partial charge on any atom is 0.220 e. The van der Waals surface area contributed by atoms with Crippen molar-refractivity contribution in [3.63, 3.8) is 0 Å². The summed E-state index contributed by atoms with van der Waals surface area (Å²) in [6.07, 6.45) is 0.574. The molecule has 1 rings (SSSR count). The van der Waals surface area contributed by atoms with Crippen LogP contribution in [0.15, 0.2) is 24.3 Å². The van der Waals surface area contributed by atoms with Crippen LogP contribution in [0, 0.1) is 12.8 Å². The zero-order valence-corrected chi connectivity index (χ0v) is 10.8. The molecule has 0 saturated heterocycles. The molecule has 94 valence electrons. The zero-order valence-electron chi connectivity index (χ0n) is 10.8. The smallest absolute Gasteiger partial charge is 0.220 e. The molecule has 1 amide bonds. The molecule has 3 nitrogen and oxygen atoms in total. The van der Waals surface area contributed by atoms with Gasteiger partial charge in [0.2, 0.25) is 5.91 Å². The van der Waals surface area contributed by atoms with Gasteiger partial charge in [-0.05, 0) is 24.5 Å². The number of para-hydroxylation sites is 1. The Morgan fingerprint density at radius 2 is 2.06 bits per heavy atom. The van der Waals surface area contributed by atoms with Crippen LogP contribution < -0.4 is 10.1 Å². The van der Waals surface area contributed by atoms with Crippen molar-refractivity contribution < 1.29 is 9.53 Å². The average molecular weight is 235 g/mol. The first-order valence-electron chi connectivity index (χ1n) is 6.04. The van der Waals surface area contributed by atoms with Crippen LogP contribution >= 0.6 is 0 Å². The minimum atomic E-state index is 0.0911. The Kier molecular flexibility index (Phi) is 5.53. The van der Waals surface area contributed by atoms with Crippen molar-refractivity contribution in [2.75, 3.05) is 13.2 Å². The van der Waals surface area contributed by atoms with Gasteiger partial charge in [0.25, 0.3) is 0 Å². The van der Waals surface area contributed by atoms with E-state index in [2.05, 4.69) is 5.32 Å². The molecule has 0 fully saturated rings. The SMILES string of the molecule is Cc1ccccc1OCCNC(=O)CC(C)C. The number of rotatable bonds is 6. The van der Waals surface area contributed by atoms with E-state index in [9.17, 15) is 4.79 Å². The van der Waals surface area contributed by atoms with Crippen LogP contribution in [-0.4, -0.2) is 19.1 Å². The van der Waals surface area contributed by atoms with Crippen molar-refractivity contribution >= 4 is 5.91 Å². The first-order chi connectivity index (χ1) is 8.09. The first-order valence-corrected chi connectivity index (χ1v) is 6.04. The normalized spacial score (nSPS) is 10.4. The van der Waals surface area contributed by atoms with Crippen LogP contribution in [0.25, 0.3) is 0 Å². The molecule has 0 aliphatic rings. The molecule has 0 radical (unpaired) electrons. The van der Waals surface area contributed by atoms with Gasteiger partial charge >= 0.3 is 0 Å². The minimum Gasteiger partial charge on any atom is -0.491 e. The number of benzene rings is 1. The van der Waals surface area contributed by atoms with Gasteiger partial charge in [-0.1, -0.05) is 32.0 Å². The number of hydrogen-bond donors (Lipinski definition) is 1. The predicted molar refractivity (Wildman–Crippen MR) is 69.1 cm³/mol. The highest BCUT2D eigenvalue weighted by atomic mass is 16.5. The van der Waals surface area contributed by atoms with E-state index in [1.807, 2.05) is 45.0 Å². The molecule has 3 heteroatoms. The Hall–Kier alpha value is -1.51. The number of amides is 1. The monoisotopic (exact) mass is 235 g/mol. The van der Waals surface area contributed by atoms with E-state index in [1.54, 1.807) is 0 Å². The highest BCUT2D eigenvalue weighted by Crippen LogP contribution is 2.15. The molecule has 1 N–H and O–H groups in total. The second-order valence-electron chi connectivity index (χ2n) is 4.56. The third-order valence-corrected chi connectivity index (χ3v) is 2.37. The largest absolute Gasteiger partial charge is 0.491 e. The van der Waals surface area contributed by atoms with Crippen LogP contribution in [0.2, 0.25) is 0 Å². The standard InChI is InChI=1S/C14H21NO2/c1-11(2)10-14(16)15-8-9-17-13-7-5-4-6-12(13)3/h4-7,11H,8-10H2,1-3H3,(H,15,16). The molecular formula is C14H21NO2. The van der Waals surface area contributed by atoms with Crippen molar-refractivity contribution in [2.24, 2.45) is 5.92 Å². The fraction of sp³-hybridized carbons (Fsp3) is 0.500. The van der Waals surface area contributed by atoms with Gasteiger partial charge in [0.15, 0.2) is 0 Å². The van der Waals surface area contributed by atoms with E-state index < -0.39 is 0 Å². The summed E-state index contributed by atoms with van der Waals surface area (Å²) in [7, 11) is 0. The minimum absolute atomic E-state index is 0.0911. The average Bonchev–Trinajstić information content (AvgIpc) is 2.25. The van der Waals surface area contributed by atoms with Crippen LogP contribution in [0.4, 0.5) is 0 Å². The zero-order chi connectivity index (χ0) is 12.7. The molecule has 0 aliphatic carbocycles. The van der Waals surface area contributed by atoms with Crippen molar-refractivity contribution in [1.82, 2.24) is 5.32 Å². The van der Waals surface area contributed by atoms with Crippen molar-refractivity contribution in [3.05, 3.63) is 29.8 Å². The van der Waals surface area contributed by atoms with Crippen LogP contribution in [0.1, 0.15) is 25.8 Å². The van der Waals surface area contributed by atoms with Crippen LogP contribution in [0.3, 0.4) is 0 Å². The van der Waals surface area contributed by atoms with Gasteiger partial charge in [0, 0.05) is 6.42 Å². The molecule has 17 heavy (non-hydrogen) atoms. The van der Waals surface area contributed by atoms with Gasteiger partial charge in [-0.3, -0.25) is 4.79 Å². The van der Waals surface area contributed by atoms with Crippen molar-refractivity contribution in [3.8, 4) is 5.75 Å². The molecule has 0 aromatic heterocycles. The molecule has 1 aromatic carbocycles. The maximum absolute atomic E-state index is 11.4. The third kappa shape index (κ3) is 5.38. The molecule has 0 unspecified atom stereocenters. The van der Waals surface area contributed by atoms with Gasteiger partial charge in [0.1, 0.15) is 12.4 Å². The van der Waals surface area contributed by atoms with Gasteiger partial charge in [-0.15, -0.1) is 0 Å². The van der Waals surface area contributed by atoms with E-state index in [-0.39, 0.29) is 5.91 Å². The summed E-state index contributed by atoms with van der Waals surface area (Å²) in [4.78, 5) is 11.4. The van der Waals surface area contributed by atoms with Gasteiger partial charge in [-0.2, -0.15) is 0 Å². The highest BCUT2D eigenvalue weighted by molar-refractivity contribution is 5.75. The van der Waals surface area contributed by atoms with Gasteiger partial charge in [0.05, 0.1) is 6.54 Å². The molecule has 0 saturated carbocycles. The summed E-state index contributed by atoms with van der Waals surface area (Å²) in [6, 6.07) is 7.87. The van der Waals surface area contributed by atoms with E-state index in [0.29, 0.717) is 25.5 Å². The topological polar surface area (TPSA) is 38.3 Å².